The third kappa shape index (κ3) is 4.54. The molecule has 0 saturated carbocycles. The maximum Gasteiger partial charge on any atom is 0.191 e. The summed E-state index contributed by atoms with van der Waals surface area (Å²) >= 11 is 0. The minimum absolute atomic E-state index is 0.261. The summed E-state index contributed by atoms with van der Waals surface area (Å²) in [6.07, 6.45) is 0. The van der Waals surface area contributed by atoms with Gasteiger partial charge in [0.1, 0.15) is 5.82 Å². The van der Waals surface area contributed by atoms with Crippen LogP contribution in [0.4, 0.5) is 4.39 Å². The van der Waals surface area contributed by atoms with Crippen LogP contribution in [0.3, 0.4) is 0 Å². The predicted octanol–water partition coefficient (Wildman–Crippen LogP) is 2.41. The zero-order valence-electron chi connectivity index (χ0n) is 12.4. The molecule has 1 aromatic carbocycles. The van der Waals surface area contributed by atoms with Crippen LogP contribution in [-0.4, -0.2) is 19.0 Å². The number of aliphatic imine (C=N–C) groups is 1. The van der Waals surface area contributed by atoms with Crippen LogP contribution in [0.1, 0.15) is 31.9 Å². The third-order valence-electron chi connectivity index (χ3n) is 3.21. The summed E-state index contributed by atoms with van der Waals surface area (Å²) in [6.45, 7) is 6.57. The van der Waals surface area contributed by atoms with Gasteiger partial charge in [0.05, 0.1) is 11.6 Å². The lowest BCUT2D eigenvalue weighted by Crippen LogP contribution is -2.44. The van der Waals surface area contributed by atoms with Crippen molar-refractivity contribution in [2.45, 2.75) is 33.4 Å². The number of nitrogens with zero attached hydrogens (tertiary/aromatic N) is 2. The number of benzene rings is 1. The molecular weight excluding hydrogens is 255 g/mol. The van der Waals surface area contributed by atoms with E-state index >= 15 is 0 Å². The van der Waals surface area contributed by atoms with Crippen molar-refractivity contribution < 1.29 is 4.39 Å². The molecule has 108 valence electrons. The van der Waals surface area contributed by atoms with E-state index in [0.29, 0.717) is 23.0 Å². The topological polar surface area (TPSA) is 60.2 Å². The summed E-state index contributed by atoms with van der Waals surface area (Å²) in [5.74, 6) is 0.754. The van der Waals surface area contributed by atoms with Gasteiger partial charge in [0.15, 0.2) is 5.96 Å². The quantitative estimate of drug-likeness (QED) is 0.656. The van der Waals surface area contributed by atoms with Gasteiger partial charge in [-0.3, -0.25) is 4.99 Å². The lowest BCUT2D eigenvalue weighted by molar-refractivity contribution is 0.480. The Morgan fingerprint density at radius 2 is 2.10 bits per heavy atom. The molecule has 5 heteroatoms. The van der Waals surface area contributed by atoms with E-state index in [1.807, 2.05) is 6.07 Å². The molecule has 0 fully saturated rings. The molecule has 0 bridgehead atoms. The van der Waals surface area contributed by atoms with Crippen molar-refractivity contribution in [3.05, 3.63) is 35.1 Å². The molecule has 2 N–H and O–H groups in total. The molecule has 0 heterocycles. The molecule has 1 rings (SSSR count). The van der Waals surface area contributed by atoms with Gasteiger partial charge in [-0.1, -0.05) is 13.8 Å². The highest BCUT2D eigenvalue weighted by atomic mass is 19.1. The van der Waals surface area contributed by atoms with Gasteiger partial charge < -0.3 is 10.6 Å². The summed E-state index contributed by atoms with van der Waals surface area (Å²) in [4.78, 5) is 4.10. The summed E-state index contributed by atoms with van der Waals surface area (Å²) < 4.78 is 13.6. The van der Waals surface area contributed by atoms with Gasteiger partial charge in [-0.25, -0.2) is 4.39 Å². The van der Waals surface area contributed by atoms with Crippen LogP contribution in [0.25, 0.3) is 0 Å². The van der Waals surface area contributed by atoms with E-state index in [4.69, 9.17) is 5.26 Å². The number of nitrogens with one attached hydrogen (secondary N) is 2. The van der Waals surface area contributed by atoms with Crippen molar-refractivity contribution in [3.8, 4) is 6.07 Å². The van der Waals surface area contributed by atoms with Gasteiger partial charge in [-0.15, -0.1) is 0 Å². The van der Waals surface area contributed by atoms with Crippen molar-refractivity contribution >= 4 is 5.96 Å². The van der Waals surface area contributed by atoms with E-state index in [0.717, 1.165) is 0 Å². The minimum atomic E-state index is -0.330. The molecule has 0 aliphatic carbocycles. The molecule has 0 spiro atoms. The Morgan fingerprint density at radius 3 is 2.65 bits per heavy atom. The number of guanidine groups is 1. The fourth-order valence-electron chi connectivity index (χ4n) is 1.54. The number of hydrogen-bond donors (Lipinski definition) is 2. The number of rotatable bonds is 4. The van der Waals surface area contributed by atoms with Crippen LogP contribution in [0.15, 0.2) is 23.2 Å². The first kappa shape index (κ1) is 16.0. The summed E-state index contributed by atoms with van der Waals surface area (Å²) in [5.41, 5.74) is 0.894. The molecule has 1 aromatic rings. The normalized spacial score (nSPS) is 12.9. The second kappa shape index (κ2) is 7.49. The lowest BCUT2D eigenvalue weighted by atomic mass is 10.1. The Balaban J connectivity index is 2.68. The molecule has 4 nitrogen and oxygen atoms in total. The molecule has 0 aliphatic heterocycles. The van der Waals surface area contributed by atoms with Crippen LogP contribution in [0.5, 0.6) is 0 Å². The highest BCUT2D eigenvalue weighted by molar-refractivity contribution is 5.79. The van der Waals surface area contributed by atoms with Gasteiger partial charge in [0.2, 0.25) is 0 Å². The van der Waals surface area contributed by atoms with E-state index < -0.39 is 0 Å². The van der Waals surface area contributed by atoms with Crippen LogP contribution >= 0.6 is 0 Å². The Labute approximate surface area is 119 Å². The predicted molar refractivity (Wildman–Crippen MR) is 78.7 cm³/mol. The Bertz CT molecular complexity index is 517. The van der Waals surface area contributed by atoms with Gasteiger partial charge in [0.25, 0.3) is 0 Å². The molecule has 20 heavy (non-hydrogen) atoms. The number of nitriles is 1. The Hall–Kier alpha value is -2.09. The monoisotopic (exact) mass is 276 g/mol. The standard InChI is InChI=1S/C15H21FN4/c1-10(2)11(3)20-15(18-4)19-9-13-7-12(8-17)5-6-14(13)16/h5-7,10-11H,9H2,1-4H3,(H2,18,19,20). The highest BCUT2D eigenvalue weighted by Gasteiger charge is 2.10. The second-order valence-electron chi connectivity index (χ2n) is 5.02. The smallest absolute Gasteiger partial charge is 0.191 e. The summed E-state index contributed by atoms with van der Waals surface area (Å²) in [6, 6.07) is 6.58. The third-order valence-corrected chi connectivity index (χ3v) is 3.21. The van der Waals surface area contributed by atoms with Crippen LogP contribution in [-0.2, 0) is 6.54 Å². The average Bonchev–Trinajstić information content (AvgIpc) is 2.44. The summed E-state index contributed by atoms with van der Waals surface area (Å²) in [7, 11) is 1.67. The maximum absolute atomic E-state index is 13.6. The fourth-order valence-corrected chi connectivity index (χ4v) is 1.54. The van der Waals surface area contributed by atoms with Crippen LogP contribution in [0.2, 0.25) is 0 Å². The lowest BCUT2D eigenvalue weighted by Gasteiger charge is -2.20. The molecule has 1 atom stereocenters. The second-order valence-corrected chi connectivity index (χ2v) is 5.02. The van der Waals surface area contributed by atoms with E-state index in [2.05, 4.69) is 36.4 Å². The molecule has 0 amide bonds. The molecule has 0 aliphatic rings. The number of hydrogen-bond acceptors (Lipinski definition) is 2. The molecule has 0 aromatic heterocycles. The van der Waals surface area contributed by atoms with Crippen molar-refractivity contribution in [1.82, 2.24) is 10.6 Å². The largest absolute Gasteiger partial charge is 0.354 e. The first-order chi connectivity index (χ1) is 9.47. The molecule has 0 saturated heterocycles. The molecular formula is C15H21FN4. The van der Waals surface area contributed by atoms with E-state index in [1.54, 1.807) is 13.1 Å². The van der Waals surface area contributed by atoms with Crippen LogP contribution < -0.4 is 10.6 Å². The zero-order chi connectivity index (χ0) is 15.1. The van der Waals surface area contributed by atoms with E-state index in [1.165, 1.54) is 12.1 Å². The maximum atomic E-state index is 13.6. The average molecular weight is 276 g/mol. The van der Waals surface area contributed by atoms with Crippen molar-refractivity contribution in [1.29, 1.82) is 5.26 Å². The first-order valence-corrected chi connectivity index (χ1v) is 6.63. The Kier molecular flexibility index (Phi) is 5.98. The highest BCUT2D eigenvalue weighted by Crippen LogP contribution is 2.09. The van der Waals surface area contributed by atoms with Gasteiger partial charge in [0, 0.05) is 25.2 Å². The van der Waals surface area contributed by atoms with Crippen LogP contribution in [0, 0.1) is 23.1 Å². The zero-order valence-corrected chi connectivity index (χ0v) is 12.4. The molecule has 0 radical (unpaired) electrons. The first-order valence-electron chi connectivity index (χ1n) is 6.63. The van der Waals surface area contributed by atoms with Crippen molar-refractivity contribution in [2.75, 3.05) is 7.05 Å². The summed E-state index contributed by atoms with van der Waals surface area (Å²) in [5, 5.41) is 15.1. The van der Waals surface area contributed by atoms with Crippen molar-refractivity contribution in [3.63, 3.8) is 0 Å². The van der Waals surface area contributed by atoms with Crippen molar-refractivity contribution in [2.24, 2.45) is 10.9 Å². The minimum Gasteiger partial charge on any atom is -0.354 e. The SMILES string of the molecule is CN=C(NCc1cc(C#N)ccc1F)NC(C)C(C)C. The number of halogens is 1. The van der Waals surface area contributed by atoms with E-state index in [9.17, 15) is 4.39 Å². The van der Waals surface area contributed by atoms with Gasteiger partial charge in [-0.2, -0.15) is 5.26 Å². The van der Waals surface area contributed by atoms with E-state index in [-0.39, 0.29) is 18.4 Å². The molecule has 1 unspecified atom stereocenters. The fraction of sp³-hybridized carbons (Fsp3) is 0.467. The van der Waals surface area contributed by atoms with Gasteiger partial charge in [-0.05, 0) is 31.0 Å². The Morgan fingerprint density at radius 1 is 1.40 bits per heavy atom. The van der Waals surface area contributed by atoms with Gasteiger partial charge >= 0.3 is 0 Å².